The fourth-order valence-corrected chi connectivity index (χ4v) is 4.55. The standard InChI is InChI=1S/C23H21N3O4S/c27-21(16-5-6-19-20(15-16)30-13-12-29-19)17-3-1-2-4-18(17)22(28)25-8-10-26(11-9-25)23-24-7-14-31-23/h1-7,14-15H,8-13H2. The van der Waals surface area contributed by atoms with Crippen LogP contribution in [0.1, 0.15) is 26.3 Å². The average molecular weight is 436 g/mol. The Labute approximate surface area is 183 Å². The van der Waals surface area contributed by atoms with Gasteiger partial charge in [0.05, 0.1) is 5.56 Å². The van der Waals surface area contributed by atoms with Gasteiger partial charge in [-0.25, -0.2) is 4.98 Å². The van der Waals surface area contributed by atoms with E-state index in [1.54, 1.807) is 64.9 Å². The van der Waals surface area contributed by atoms with E-state index in [4.69, 9.17) is 9.47 Å². The summed E-state index contributed by atoms with van der Waals surface area (Å²) < 4.78 is 11.1. The number of ketones is 1. The van der Waals surface area contributed by atoms with Crippen LogP contribution in [0.3, 0.4) is 0 Å². The van der Waals surface area contributed by atoms with Crippen LogP contribution in [-0.4, -0.2) is 61.0 Å². The smallest absolute Gasteiger partial charge is 0.254 e. The molecule has 0 saturated carbocycles. The molecular weight excluding hydrogens is 414 g/mol. The van der Waals surface area contributed by atoms with Crippen molar-refractivity contribution in [1.29, 1.82) is 0 Å². The molecule has 7 nitrogen and oxygen atoms in total. The lowest BCUT2D eigenvalue weighted by Gasteiger charge is -2.34. The maximum absolute atomic E-state index is 13.3. The van der Waals surface area contributed by atoms with Crippen LogP contribution in [-0.2, 0) is 0 Å². The summed E-state index contributed by atoms with van der Waals surface area (Å²) in [5, 5.41) is 2.92. The zero-order valence-electron chi connectivity index (χ0n) is 16.8. The summed E-state index contributed by atoms with van der Waals surface area (Å²) >= 11 is 1.60. The van der Waals surface area contributed by atoms with E-state index in [9.17, 15) is 9.59 Å². The van der Waals surface area contributed by atoms with E-state index < -0.39 is 0 Å². The number of hydrogen-bond donors (Lipinski definition) is 0. The van der Waals surface area contributed by atoms with Crippen molar-refractivity contribution in [2.75, 3.05) is 44.3 Å². The maximum atomic E-state index is 13.3. The van der Waals surface area contributed by atoms with Gasteiger partial charge in [-0.15, -0.1) is 11.3 Å². The molecule has 5 rings (SSSR count). The number of fused-ring (bicyclic) bond motifs is 1. The molecule has 0 bridgehead atoms. The molecule has 0 spiro atoms. The Kier molecular flexibility index (Phi) is 5.30. The second-order valence-corrected chi connectivity index (χ2v) is 8.20. The molecule has 1 aromatic heterocycles. The Morgan fingerprint density at radius 2 is 1.65 bits per heavy atom. The first-order valence-corrected chi connectivity index (χ1v) is 11.1. The minimum atomic E-state index is -0.206. The number of piperazine rings is 1. The number of aromatic nitrogens is 1. The van der Waals surface area contributed by atoms with Gasteiger partial charge >= 0.3 is 0 Å². The molecule has 8 heteroatoms. The van der Waals surface area contributed by atoms with Crippen LogP contribution in [0.4, 0.5) is 5.13 Å². The van der Waals surface area contributed by atoms with Gasteiger partial charge in [-0.1, -0.05) is 18.2 Å². The number of nitrogens with zero attached hydrogens (tertiary/aromatic N) is 3. The average Bonchev–Trinajstić information content (AvgIpc) is 3.38. The molecule has 3 aromatic rings. The third-order valence-electron chi connectivity index (χ3n) is 5.46. The molecule has 2 aliphatic rings. The van der Waals surface area contributed by atoms with E-state index in [-0.39, 0.29) is 11.7 Å². The van der Waals surface area contributed by atoms with Gasteiger partial charge in [0, 0.05) is 48.9 Å². The quantitative estimate of drug-likeness (QED) is 0.587. The van der Waals surface area contributed by atoms with Crippen molar-refractivity contribution in [3.05, 3.63) is 70.7 Å². The van der Waals surface area contributed by atoms with Crippen LogP contribution in [0.15, 0.2) is 54.0 Å². The Hall–Kier alpha value is -3.39. The maximum Gasteiger partial charge on any atom is 0.254 e. The molecule has 0 N–H and O–H groups in total. The first-order chi connectivity index (χ1) is 15.2. The predicted octanol–water partition coefficient (Wildman–Crippen LogP) is 3.11. The van der Waals surface area contributed by atoms with E-state index >= 15 is 0 Å². The van der Waals surface area contributed by atoms with Crippen molar-refractivity contribution in [2.24, 2.45) is 0 Å². The molecule has 158 valence electrons. The highest BCUT2D eigenvalue weighted by molar-refractivity contribution is 7.13. The molecule has 2 aromatic carbocycles. The summed E-state index contributed by atoms with van der Waals surface area (Å²) in [4.78, 5) is 34.9. The third-order valence-corrected chi connectivity index (χ3v) is 6.30. The fraction of sp³-hybridized carbons (Fsp3) is 0.261. The minimum Gasteiger partial charge on any atom is -0.486 e. The number of rotatable bonds is 4. The van der Waals surface area contributed by atoms with Crippen molar-refractivity contribution in [1.82, 2.24) is 9.88 Å². The minimum absolute atomic E-state index is 0.125. The molecule has 0 atom stereocenters. The molecule has 2 aliphatic heterocycles. The topological polar surface area (TPSA) is 72.0 Å². The zero-order chi connectivity index (χ0) is 21.2. The summed E-state index contributed by atoms with van der Waals surface area (Å²) in [5.74, 6) is 0.854. The lowest BCUT2D eigenvalue weighted by molar-refractivity contribution is 0.0742. The number of benzene rings is 2. The number of thiazole rings is 1. The number of hydrogen-bond acceptors (Lipinski definition) is 7. The van der Waals surface area contributed by atoms with E-state index in [2.05, 4.69) is 9.88 Å². The highest BCUT2D eigenvalue weighted by Gasteiger charge is 2.27. The first kappa shape index (κ1) is 19.6. The molecule has 0 unspecified atom stereocenters. The van der Waals surface area contributed by atoms with Crippen molar-refractivity contribution in [2.45, 2.75) is 0 Å². The molecule has 31 heavy (non-hydrogen) atoms. The second kappa shape index (κ2) is 8.39. The van der Waals surface area contributed by atoms with Gasteiger partial charge in [0.1, 0.15) is 13.2 Å². The molecule has 1 amide bonds. The number of carbonyl (C=O) groups is 2. The molecule has 0 radical (unpaired) electrons. The molecular formula is C23H21N3O4S. The van der Waals surface area contributed by atoms with Crippen molar-refractivity contribution in [3.63, 3.8) is 0 Å². The van der Waals surface area contributed by atoms with Crippen molar-refractivity contribution >= 4 is 28.2 Å². The Bertz CT molecular complexity index is 1110. The number of amides is 1. The Morgan fingerprint density at radius 3 is 2.39 bits per heavy atom. The summed E-state index contributed by atoms with van der Waals surface area (Å²) in [6, 6.07) is 12.1. The molecule has 0 aliphatic carbocycles. The van der Waals surface area contributed by atoms with Crippen molar-refractivity contribution in [3.8, 4) is 11.5 Å². The molecule has 3 heterocycles. The van der Waals surface area contributed by atoms with E-state index in [0.29, 0.717) is 54.5 Å². The highest BCUT2D eigenvalue weighted by Crippen LogP contribution is 2.32. The summed E-state index contributed by atoms with van der Waals surface area (Å²) in [6.07, 6.45) is 1.79. The summed E-state index contributed by atoms with van der Waals surface area (Å²) in [5.41, 5.74) is 1.29. The van der Waals surface area contributed by atoms with Gasteiger partial charge in [0.25, 0.3) is 5.91 Å². The van der Waals surface area contributed by atoms with Crippen LogP contribution >= 0.6 is 11.3 Å². The Balaban J connectivity index is 1.35. The summed E-state index contributed by atoms with van der Waals surface area (Å²) in [6.45, 7) is 3.56. The van der Waals surface area contributed by atoms with Crippen LogP contribution in [0, 0.1) is 0 Å². The predicted molar refractivity (Wildman–Crippen MR) is 118 cm³/mol. The van der Waals surface area contributed by atoms with E-state index in [1.165, 1.54) is 0 Å². The van der Waals surface area contributed by atoms with Gasteiger partial charge < -0.3 is 19.3 Å². The Morgan fingerprint density at radius 1 is 0.903 bits per heavy atom. The van der Waals surface area contributed by atoms with Gasteiger partial charge in [-0.05, 0) is 24.3 Å². The lowest BCUT2D eigenvalue weighted by atomic mass is 9.97. The van der Waals surface area contributed by atoms with Crippen molar-refractivity contribution < 1.29 is 19.1 Å². The van der Waals surface area contributed by atoms with Crippen LogP contribution in [0.2, 0.25) is 0 Å². The van der Waals surface area contributed by atoms with Crippen LogP contribution in [0.5, 0.6) is 11.5 Å². The van der Waals surface area contributed by atoms with Gasteiger partial charge in [-0.3, -0.25) is 9.59 Å². The number of ether oxygens (including phenoxy) is 2. The largest absolute Gasteiger partial charge is 0.486 e. The van der Waals surface area contributed by atoms with E-state index in [1.807, 2.05) is 5.38 Å². The monoisotopic (exact) mass is 435 g/mol. The van der Waals surface area contributed by atoms with E-state index in [0.717, 1.165) is 18.2 Å². The van der Waals surface area contributed by atoms with Crippen LogP contribution in [0.25, 0.3) is 0 Å². The SMILES string of the molecule is O=C(c1ccc2c(c1)OCCO2)c1ccccc1C(=O)N1CCN(c2nccs2)CC1. The normalized spacial score (nSPS) is 15.6. The third kappa shape index (κ3) is 3.86. The first-order valence-electron chi connectivity index (χ1n) is 10.2. The summed E-state index contributed by atoms with van der Waals surface area (Å²) in [7, 11) is 0. The van der Waals surface area contributed by atoms with Gasteiger partial charge in [-0.2, -0.15) is 0 Å². The molecule has 1 fully saturated rings. The van der Waals surface area contributed by atoms with Gasteiger partial charge in [0.15, 0.2) is 22.4 Å². The zero-order valence-corrected chi connectivity index (χ0v) is 17.6. The lowest BCUT2D eigenvalue weighted by Crippen LogP contribution is -2.49. The number of anilines is 1. The molecule has 1 saturated heterocycles. The second-order valence-electron chi connectivity index (χ2n) is 7.33. The number of carbonyl (C=O) groups excluding carboxylic acids is 2. The fourth-order valence-electron chi connectivity index (χ4n) is 3.85. The van der Waals surface area contributed by atoms with Gasteiger partial charge in [0.2, 0.25) is 0 Å². The van der Waals surface area contributed by atoms with Crippen LogP contribution < -0.4 is 14.4 Å². The highest BCUT2D eigenvalue weighted by atomic mass is 32.1.